The van der Waals surface area contributed by atoms with E-state index in [0.29, 0.717) is 5.92 Å². The zero-order chi connectivity index (χ0) is 10.8. The Balaban J connectivity index is 1.76. The number of ether oxygens (including phenoxy) is 2. The van der Waals surface area contributed by atoms with Crippen molar-refractivity contribution in [2.75, 3.05) is 0 Å². The third-order valence-corrected chi connectivity index (χ3v) is 3.22. The van der Waals surface area contributed by atoms with Crippen molar-refractivity contribution >= 4 is 5.97 Å². The smallest absolute Gasteiger partial charge is 0.338 e. The molecule has 0 amide bonds. The van der Waals surface area contributed by atoms with E-state index < -0.39 is 0 Å². The summed E-state index contributed by atoms with van der Waals surface area (Å²) in [6, 6.07) is 0. The maximum Gasteiger partial charge on any atom is 0.338 e. The average Bonchev–Trinajstić information content (AvgIpc) is 2.97. The largest absolute Gasteiger partial charge is 0.461 e. The van der Waals surface area contributed by atoms with E-state index >= 15 is 0 Å². The minimum absolute atomic E-state index is 0.0336. The Morgan fingerprint density at radius 1 is 1.27 bits per heavy atom. The maximum atomic E-state index is 11.5. The van der Waals surface area contributed by atoms with Gasteiger partial charge in [-0.3, -0.25) is 0 Å². The van der Waals surface area contributed by atoms with E-state index in [1.807, 2.05) is 13.8 Å². The van der Waals surface area contributed by atoms with Crippen LogP contribution in [0.2, 0.25) is 0 Å². The fourth-order valence-corrected chi connectivity index (χ4v) is 2.43. The predicted octanol–water partition coefficient (Wildman–Crippen LogP) is 2.29. The van der Waals surface area contributed by atoms with Gasteiger partial charge in [0.2, 0.25) is 0 Å². The lowest BCUT2D eigenvalue weighted by molar-refractivity contribution is -0.148. The third-order valence-electron chi connectivity index (χ3n) is 3.22. The summed E-state index contributed by atoms with van der Waals surface area (Å²) >= 11 is 0. The number of epoxide rings is 1. The van der Waals surface area contributed by atoms with Gasteiger partial charge in [0.05, 0.1) is 12.2 Å². The fourth-order valence-electron chi connectivity index (χ4n) is 2.43. The Bertz CT molecular complexity index is 231. The molecule has 2 rings (SSSR count). The second-order valence-corrected chi connectivity index (χ2v) is 4.91. The molecule has 0 spiro atoms. The summed E-state index contributed by atoms with van der Waals surface area (Å²) < 4.78 is 10.6. The highest BCUT2D eigenvalue weighted by atomic mass is 16.6. The summed E-state index contributed by atoms with van der Waals surface area (Å²) in [6.07, 6.45) is 6.23. The van der Waals surface area contributed by atoms with Crippen molar-refractivity contribution < 1.29 is 14.3 Å². The van der Waals surface area contributed by atoms with Gasteiger partial charge in [-0.25, -0.2) is 4.79 Å². The summed E-state index contributed by atoms with van der Waals surface area (Å²) in [5.74, 6) is 0.434. The second kappa shape index (κ2) is 4.52. The van der Waals surface area contributed by atoms with Crippen LogP contribution < -0.4 is 0 Å². The van der Waals surface area contributed by atoms with Crippen LogP contribution in [0.1, 0.15) is 46.0 Å². The summed E-state index contributed by atoms with van der Waals surface area (Å²) in [6.45, 7) is 3.74. The zero-order valence-electron chi connectivity index (χ0n) is 9.57. The van der Waals surface area contributed by atoms with Crippen LogP contribution >= 0.6 is 0 Å². The van der Waals surface area contributed by atoms with Gasteiger partial charge >= 0.3 is 5.97 Å². The number of hydrogen-bond donors (Lipinski definition) is 0. The minimum atomic E-state index is -0.254. The molecule has 1 saturated heterocycles. The highest BCUT2D eigenvalue weighted by Crippen LogP contribution is 2.38. The Morgan fingerprint density at radius 2 is 1.93 bits per heavy atom. The molecule has 2 aliphatic rings. The molecule has 3 nitrogen and oxygen atoms in total. The molecular formula is C12H20O3. The number of rotatable bonds is 3. The van der Waals surface area contributed by atoms with Crippen LogP contribution in [0.5, 0.6) is 0 Å². The van der Waals surface area contributed by atoms with Gasteiger partial charge in [0.25, 0.3) is 0 Å². The SMILES string of the molecule is CC(C)OC(=O)C1OC1C1CCCCC1. The van der Waals surface area contributed by atoms with E-state index in [9.17, 15) is 4.79 Å². The van der Waals surface area contributed by atoms with E-state index in [1.165, 1.54) is 32.1 Å². The van der Waals surface area contributed by atoms with E-state index in [-0.39, 0.29) is 24.3 Å². The van der Waals surface area contributed by atoms with Crippen LogP contribution in [0.15, 0.2) is 0 Å². The van der Waals surface area contributed by atoms with Gasteiger partial charge in [0, 0.05) is 0 Å². The molecule has 1 aliphatic heterocycles. The molecule has 0 bridgehead atoms. The van der Waals surface area contributed by atoms with Gasteiger partial charge in [0.15, 0.2) is 6.10 Å². The molecule has 15 heavy (non-hydrogen) atoms. The number of esters is 1. The molecule has 2 atom stereocenters. The van der Waals surface area contributed by atoms with Gasteiger partial charge in [-0.2, -0.15) is 0 Å². The summed E-state index contributed by atoms with van der Waals surface area (Å²) in [7, 11) is 0. The molecule has 86 valence electrons. The third kappa shape index (κ3) is 2.71. The molecule has 0 aromatic carbocycles. The lowest BCUT2D eigenvalue weighted by Gasteiger charge is -2.19. The summed E-state index contributed by atoms with van der Waals surface area (Å²) in [5, 5.41) is 0. The first-order valence-corrected chi connectivity index (χ1v) is 6.04. The van der Waals surface area contributed by atoms with E-state index in [4.69, 9.17) is 9.47 Å². The standard InChI is InChI=1S/C12H20O3/c1-8(2)14-12(13)11-10(15-11)9-6-4-3-5-7-9/h8-11H,3-7H2,1-2H3. The van der Waals surface area contributed by atoms with Crippen molar-refractivity contribution in [1.29, 1.82) is 0 Å². The molecule has 1 saturated carbocycles. The van der Waals surface area contributed by atoms with Crippen LogP contribution in [0.4, 0.5) is 0 Å². The maximum absolute atomic E-state index is 11.5. The van der Waals surface area contributed by atoms with E-state index in [0.717, 1.165) is 0 Å². The molecule has 2 unspecified atom stereocenters. The van der Waals surface area contributed by atoms with Crippen LogP contribution in [-0.4, -0.2) is 24.3 Å². The topological polar surface area (TPSA) is 38.8 Å². The fraction of sp³-hybridized carbons (Fsp3) is 0.917. The van der Waals surface area contributed by atoms with Crippen LogP contribution in [0.3, 0.4) is 0 Å². The summed E-state index contributed by atoms with van der Waals surface area (Å²) in [5.41, 5.74) is 0. The van der Waals surface area contributed by atoms with Crippen LogP contribution in [0, 0.1) is 5.92 Å². The van der Waals surface area contributed by atoms with Crippen molar-refractivity contribution in [3.8, 4) is 0 Å². The number of hydrogen-bond acceptors (Lipinski definition) is 3. The van der Waals surface area contributed by atoms with Crippen molar-refractivity contribution in [1.82, 2.24) is 0 Å². The van der Waals surface area contributed by atoms with Crippen molar-refractivity contribution in [3.05, 3.63) is 0 Å². The zero-order valence-corrected chi connectivity index (χ0v) is 9.57. The van der Waals surface area contributed by atoms with Gasteiger partial charge in [0.1, 0.15) is 0 Å². The second-order valence-electron chi connectivity index (χ2n) is 4.91. The van der Waals surface area contributed by atoms with Crippen molar-refractivity contribution in [3.63, 3.8) is 0 Å². The minimum Gasteiger partial charge on any atom is -0.461 e. The van der Waals surface area contributed by atoms with Crippen LogP contribution in [0.25, 0.3) is 0 Å². The monoisotopic (exact) mass is 212 g/mol. The normalized spacial score (nSPS) is 31.7. The van der Waals surface area contributed by atoms with Gasteiger partial charge in [-0.05, 0) is 32.6 Å². The van der Waals surface area contributed by atoms with Crippen LogP contribution in [-0.2, 0) is 14.3 Å². The lowest BCUT2D eigenvalue weighted by Crippen LogP contribution is -2.22. The number of carbonyl (C=O) groups excluding carboxylic acids is 1. The lowest BCUT2D eigenvalue weighted by atomic mass is 9.86. The van der Waals surface area contributed by atoms with Crippen molar-refractivity contribution in [2.24, 2.45) is 5.92 Å². The molecule has 1 aliphatic carbocycles. The van der Waals surface area contributed by atoms with Crippen molar-refractivity contribution in [2.45, 2.75) is 64.3 Å². The Kier molecular flexibility index (Phi) is 3.29. The molecule has 3 heteroatoms. The average molecular weight is 212 g/mol. The first-order valence-electron chi connectivity index (χ1n) is 6.04. The van der Waals surface area contributed by atoms with Gasteiger partial charge in [-0.15, -0.1) is 0 Å². The Hall–Kier alpha value is -0.570. The molecular weight excluding hydrogens is 192 g/mol. The molecule has 0 aromatic rings. The van der Waals surface area contributed by atoms with Gasteiger partial charge in [-0.1, -0.05) is 19.3 Å². The highest BCUT2D eigenvalue weighted by molar-refractivity contribution is 5.78. The van der Waals surface area contributed by atoms with E-state index in [2.05, 4.69) is 0 Å². The Labute approximate surface area is 91.1 Å². The highest BCUT2D eigenvalue weighted by Gasteiger charge is 2.50. The molecule has 1 heterocycles. The predicted molar refractivity (Wildman–Crippen MR) is 56.5 cm³/mol. The van der Waals surface area contributed by atoms with Gasteiger partial charge < -0.3 is 9.47 Å². The number of carbonyl (C=O) groups is 1. The van der Waals surface area contributed by atoms with E-state index in [1.54, 1.807) is 0 Å². The first-order chi connectivity index (χ1) is 7.18. The molecule has 0 radical (unpaired) electrons. The summed E-state index contributed by atoms with van der Waals surface area (Å²) in [4.78, 5) is 11.5. The molecule has 2 fully saturated rings. The molecule has 0 N–H and O–H groups in total. The first kappa shape index (κ1) is 10.9. The quantitative estimate of drug-likeness (QED) is 0.532. The Morgan fingerprint density at radius 3 is 2.53 bits per heavy atom. The molecule has 0 aromatic heterocycles.